The maximum atomic E-state index is 3.71. The van der Waals surface area contributed by atoms with E-state index >= 15 is 0 Å². The molecule has 0 fully saturated rings. The minimum absolute atomic E-state index is 1.05. The Morgan fingerprint density at radius 1 is 1.30 bits per heavy atom. The van der Waals surface area contributed by atoms with Crippen molar-refractivity contribution >= 4 is 0 Å². The summed E-state index contributed by atoms with van der Waals surface area (Å²) in [5.41, 5.74) is 3.01. The van der Waals surface area contributed by atoms with Crippen LogP contribution in [-0.4, -0.2) is 0 Å². The van der Waals surface area contributed by atoms with E-state index < -0.39 is 0 Å². The van der Waals surface area contributed by atoms with Crippen molar-refractivity contribution in [2.45, 2.75) is 40.0 Å². The molecule has 0 amide bonds. The Morgan fingerprint density at radius 2 is 1.90 bits per heavy atom. The lowest BCUT2D eigenvalue weighted by molar-refractivity contribution is 0.882. The molecule has 0 radical (unpaired) electrons. The Hall–Kier alpha value is -0.520. The molecule has 0 nitrogen and oxygen atoms in total. The number of hydrogen-bond acceptors (Lipinski definition) is 0. The summed E-state index contributed by atoms with van der Waals surface area (Å²) in [6.45, 7) is 10.3. The van der Waals surface area contributed by atoms with Gasteiger partial charge in [0.15, 0.2) is 0 Å². The van der Waals surface area contributed by atoms with Gasteiger partial charge in [0.2, 0.25) is 0 Å². The molecule has 0 aromatic heterocycles. The van der Waals surface area contributed by atoms with E-state index in [0.29, 0.717) is 0 Å². The van der Waals surface area contributed by atoms with Gasteiger partial charge in [-0.05, 0) is 26.7 Å². The van der Waals surface area contributed by atoms with E-state index in [9.17, 15) is 0 Å². The van der Waals surface area contributed by atoms with Gasteiger partial charge in [-0.1, -0.05) is 30.6 Å². The first kappa shape index (κ1) is 9.48. The van der Waals surface area contributed by atoms with Gasteiger partial charge in [-0.25, -0.2) is 0 Å². The van der Waals surface area contributed by atoms with Gasteiger partial charge in [-0.15, -0.1) is 6.58 Å². The molecule has 0 atom stereocenters. The van der Waals surface area contributed by atoms with E-state index in [1.165, 1.54) is 24.0 Å². The van der Waals surface area contributed by atoms with Crippen LogP contribution < -0.4 is 0 Å². The van der Waals surface area contributed by atoms with Gasteiger partial charge in [0.25, 0.3) is 0 Å². The Balaban J connectivity index is 3.90. The standard InChI is InChI=1S/C10H18/c1-5-7-9(3)10(4)8-6-2/h5H,1,6-8H2,2-4H3/b10-9+. The highest BCUT2D eigenvalue weighted by Crippen LogP contribution is 2.12. The van der Waals surface area contributed by atoms with E-state index in [1.54, 1.807) is 0 Å². The molecule has 0 bridgehead atoms. The topological polar surface area (TPSA) is 0 Å². The molecule has 0 aliphatic rings. The lowest BCUT2D eigenvalue weighted by Gasteiger charge is -2.02. The van der Waals surface area contributed by atoms with Gasteiger partial charge in [-0.2, -0.15) is 0 Å². The van der Waals surface area contributed by atoms with Gasteiger partial charge >= 0.3 is 0 Å². The summed E-state index contributed by atoms with van der Waals surface area (Å²) >= 11 is 0. The van der Waals surface area contributed by atoms with Crippen LogP contribution in [0.15, 0.2) is 23.8 Å². The zero-order valence-electron chi connectivity index (χ0n) is 7.41. The van der Waals surface area contributed by atoms with Crippen molar-refractivity contribution < 1.29 is 0 Å². The molecular formula is C10H18. The number of hydrogen-bond donors (Lipinski definition) is 0. The predicted octanol–water partition coefficient (Wildman–Crippen LogP) is 3.70. The van der Waals surface area contributed by atoms with Crippen LogP contribution in [0.1, 0.15) is 40.0 Å². The zero-order chi connectivity index (χ0) is 7.98. The second-order valence-corrected chi connectivity index (χ2v) is 2.80. The molecule has 10 heavy (non-hydrogen) atoms. The van der Waals surface area contributed by atoms with Gasteiger partial charge in [0.1, 0.15) is 0 Å². The zero-order valence-corrected chi connectivity index (χ0v) is 7.41. The summed E-state index contributed by atoms with van der Waals surface area (Å²) in [5.74, 6) is 0. The number of rotatable bonds is 4. The maximum absolute atomic E-state index is 3.71. The smallest absolute Gasteiger partial charge is 0.0142 e. The van der Waals surface area contributed by atoms with Crippen molar-refractivity contribution in [3.63, 3.8) is 0 Å². The largest absolute Gasteiger partial charge is 0.103 e. The summed E-state index contributed by atoms with van der Waals surface area (Å²) in [4.78, 5) is 0. The minimum atomic E-state index is 1.05. The third kappa shape index (κ3) is 3.49. The van der Waals surface area contributed by atoms with Crippen molar-refractivity contribution in [3.05, 3.63) is 23.8 Å². The van der Waals surface area contributed by atoms with E-state index in [4.69, 9.17) is 0 Å². The van der Waals surface area contributed by atoms with Gasteiger partial charge in [0, 0.05) is 0 Å². The Kier molecular flexibility index (Phi) is 5.00. The average Bonchev–Trinajstić information content (AvgIpc) is 1.89. The van der Waals surface area contributed by atoms with Crippen LogP contribution in [-0.2, 0) is 0 Å². The van der Waals surface area contributed by atoms with Crippen LogP contribution in [0.3, 0.4) is 0 Å². The molecule has 0 N–H and O–H groups in total. The van der Waals surface area contributed by atoms with Crippen molar-refractivity contribution in [3.8, 4) is 0 Å². The molecule has 0 rings (SSSR count). The lowest BCUT2D eigenvalue weighted by Crippen LogP contribution is -1.82. The Morgan fingerprint density at radius 3 is 2.30 bits per heavy atom. The fraction of sp³-hybridized carbons (Fsp3) is 0.600. The molecule has 0 saturated heterocycles. The average molecular weight is 138 g/mol. The fourth-order valence-electron chi connectivity index (χ4n) is 0.979. The maximum Gasteiger partial charge on any atom is -0.0142 e. The van der Waals surface area contributed by atoms with Crippen LogP contribution in [0.25, 0.3) is 0 Å². The molecule has 0 heterocycles. The SMILES string of the molecule is C=CC/C(C)=C(\C)CCC. The van der Waals surface area contributed by atoms with Crippen LogP contribution in [0.4, 0.5) is 0 Å². The third-order valence-electron chi connectivity index (χ3n) is 1.80. The van der Waals surface area contributed by atoms with Crippen LogP contribution >= 0.6 is 0 Å². The summed E-state index contributed by atoms with van der Waals surface area (Å²) in [6.07, 6.45) is 5.50. The minimum Gasteiger partial charge on any atom is -0.103 e. The van der Waals surface area contributed by atoms with E-state index in [1.807, 2.05) is 6.08 Å². The second-order valence-electron chi connectivity index (χ2n) is 2.80. The monoisotopic (exact) mass is 138 g/mol. The van der Waals surface area contributed by atoms with Crippen molar-refractivity contribution in [2.24, 2.45) is 0 Å². The van der Waals surface area contributed by atoms with Crippen LogP contribution in [0.5, 0.6) is 0 Å². The normalized spacial score (nSPS) is 12.7. The molecule has 0 spiro atoms. The Labute approximate surface area is 64.6 Å². The fourth-order valence-corrected chi connectivity index (χ4v) is 0.979. The highest BCUT2D eigenvalue weighted by atomic mass is 14.0. The van der Waals surface area contributed by atoms with Gasteiger partial charge < -0.3 is 0 Å². The van der Waals surface area contributed by atoms with E-state index in [2.05, 4.69) is 27.4 Å². The molecule has 0 unspecified atom stereocenters. The second kappa shape index (κ2) is 5.28. The van der Waals surface area contributed by atoms with Gasteiger partial charge in [0.05, 0.1) is 0 Å². The van der Waals surface area contributed by atoms with Crippen molar-refractivity contribution in [1.29, 1.82) is 0 Å². The van der Waals surface area contributed by atoms with Crippen LogP contribution in [0.2, 0.25) is 0 Å². The molecule has 0 aromatic rings. The number of allylic oxidation sites excluding steroid dienone is 3. The lowest BCUT2D eigenvalue weighted by atomic mass is 10.0. The van der Waals surface area contributed by atoms with Crippen molar-refractivity contribution in [2.75, 3.05) is 0 Å². The Bertz CT molecular complexity index is 129. The van der Waals surface area contributed by atoms with E-state index in [-0.39, 0.29) is 0 Å². The molecule has 0 heteroatoms. The first-order valence-electron chi connectivity index (χ1n) is 3.98. The molecule has 0 aromatic carbocycles. The van der Waals surface area contributed by atoms with Crippen LogP contribution in [0, 0.1) is 0 Å². The first-order chi connectivity index (χ1) is 4.72. The molecular weight excluding hydrogens is 120 g/mol. The summed E-state index contributed by atoms with van der Waals surface area (Å²) in [5, 5.41) is 0. The van der Waals surface area contributed by atoms with Crippen molar-refractivity contribution in [1.82, 2.24) is 0 Å². The van der Waals surface area contributed by atoms with E-state index in [0.717, 1.165) is 6.42 Å². The molecule has 58 valence electrons. The van der Waals surface area contributed by atoms with Gasteiger partial charge in [-0.3, -0.25) is 0 Å². The summed E-state index contributed by atoms with van der Waals surface area (Å²) in [7, 11) is 0. The molecule has 0 aliphatic carbocycles. The highest BCUT2D eigenvalue weighted by molar-refractivity contribution is 5.11. The first-order valence-corrected chi connectivity index (χ1v) is 3.98. The highest BCUT2D eigenvalue weighted by Gasteiger charge is 1.92. The molecule has 0 aliphatic heterocycles. The third-order valence-corrected chi connectivity index (χ3v) is 1.80. The predicted molar refractivity (Wildman–Crippen MR) is 48.1 cm³/mol. The molecule has 0 saturated carbocycles. The summed E-state index contributed by atoms with van der Waals surface area (Å²) in [6, 6.07) is 0. The summed E-state index contributed by atoms with van der Waals surface area (Å²) < 4.78 is 0. The quantitative estimate of drug-likeness (QED) is 0.520.